The molecule has 1 aromatic heterocycles. The van der Waals surface area contributed by atoms with E-state index in [0.29, 0.717) is 5.69 Å². The highest BCUT2D eigenvalue weighted by atomic mass is 16.6. The Kier molecular flexibility index (Phi) is 1.80. The van der Waals surface area contributed by atoms with Crippen molar-refractivity contribution < 1.29 is 23.2 Å². The van der Waals surface area contributed by atoms with Crippen LogP contribution >= 0.6 is 0 Å². The molecule has 0 saturated carbocycles. The van der Waals surface area contributed by atoms with Crippen LogP contribution in [0.4, 0.5) is 0 Å². The quantitative estimate of drug-likeness (QED) is 0.676. The highest BCUT2D eigenvalue weighted by Crippen LogP contribution is 2.10. The van der Waals surface area contributed by atoms with Gasteiger partial charge in [-0.1, -0.05) is 18.2 Å². The largest absolute Gasteiger partial charge is 0.539 e. The number of nitrogens with zero attached hydrogens (tertiary/aromatic N) is 2. The van der Waals surface area contributed by atoms with Crippen LogP contribution in [0.3, 0.4) is 0 Å². The number of benzene rings is 1. The van der Waals surface area contributed by atoms with Gasteiger partial charge in [-0.05, 0) is 4.68 Å². The van der Waals surface area contributed by atoms with Crippen molar-refractivity contribution in [2.45, 2.75) is 6.61 Å². The van der Waals surface area contributed by atoms with E-state index >= 15 is 0 Å². The minimum absolute atomic E-state index is 0.0253. The molecule has 0 spiro atoms. The SMILES string of the molecule is [2H]C([2H])([2H])OCc1c([O-])on[n+]1-c1ccccc1. The summed E-state index contributed by atoms with van der Waals surface area (Å²) in [5.74, 6) is -0.719. The lowest BCUT2D eigenvalue weighted by atomic mass is 10.3. The minimum Gasteiger partial charge on any atom is -0.539 e. The van der Waals surface area contributed by atoms with Crippen LogP contribution in [0.25, 0.3) is 5.69 Å². The maximum atomic E-state index is 11.4. The molecule has 0 N–H and O–H groups in total. The topological polar surface area (TPSA) is 62.2 Å². The highest BCUT2D eigenvalue weighted by molar-refractivity contribution is 5.22. The Bertz CT molecular complexity index is 525. The third-order valence-corrected chi connectivity index (χ3v) is 1.91. The fraction of sp³-hybridized carbons (Fsp3) is 0.200. The summed E-state index contributed by atoms with van der Waals surface area (Å²) < 4.78 is 31.1. The van der Waals surface area contributed by atoms with Crippen molar-refractivity contribution in [2.75, 3.05) is 7.04 Å². The molecular formula is C10H10N2O3. The van der Waals surface area contributed by atoms with Crippen LogP contribution in [0.1, 0.15) is 9.81 Å². The molecule has 0 atom stereocenters. The van der Waals surface area contributed by atoms with E-state index in [1.54, 1.807) is 30.3 Å². The number of hydrogen-bond acceptors (Lipinski definition) is 4. The van der Waals surface area contributed by atoms with E-state index in [9.17, 15) is 5.11 Å². The van der Waals surface area contributed by atoms with E-state index in [1.807, 2.05) is 0 Å². The Labute approximate surface area is 90.7 Å². The van der Waals surface area contributed by atoms with E-state index < -0.39 is 19.6 Å². The molecule has 0 aliphatic carbocycles. The molecule has 2 aromatic rings. The Morgan fingerprint density at radius 2 is 2.33 bits per heavy atom. The van der Waals surface area contributed by atoms with Crippen molar-refractivity contribution >= 4 is 0 Å². The second kappa shape index (κ2) is 4.10. The molecule has 78 valence electrons. The molecule has 0 fully saturated rings. The maximum absolute atomic E-state index is 11.4. The lowest BCUT2D eigenvalue weighted by Gasteiger charge is -1.95. The fourth-order valence-corrected chi connectivity index (χ4v) is 1.23. The second-order valence-electron chi connectivity index (χ2n) is 2.84. The van der Waals surface area contributed by atoms with Crippen molar-refractivity contribution in [1.82, 2.24) is 5.27 Å². The first-order chi connectivity index (χ1) is 8.47. The summed E-state index contributed by atoms with van der Waals surface area (Å²) in [4.78, 5) is 0. The van der Waals surface area contributed by atoms with Gasteiger partial charge in [-0.3, -0.25) is 0 Å². The number of rotatable bonds is 3. The first-order valence-corrected chi connectivity index (χ1v) is 4.25. The summed E-state index contributed by atoms with van der Waals surface area (Å²) in [6.45, 7) is -0.395. The first-order valence-electron chi connectivity index (χ1n) is 5.75. The van der Waals surface area contributed by atoms with Gasteiger partial charge in [0.15, 0.2) is 5.95 Å². The monoisotopic (exact) mass is 209 g/mol. The van der Waals surface area contributed by atoms with Gasteiger partial charge >= 0.3 is 0 Å². The van der Waals surface area contributed by atoms with Gasteiger partial charge in [-0.15, -0.1) is 0 Å². The molecule has 15 heavy (non-hydrogen) atoms. The van der Waals surface area contributed by atoms with Crippen LogP contribution in [0.15, 0.2) is 34.9 Å². The smallest absolute Gasteiger partial charge is 0.265 e. The zero-order valence-electron chi connectivity index (χ0n) is 10.7. The molecule has 5 nitrogen and oxygen atoms in total. The maximum Gasteiger partial charge on any atom is 0.265 e. The summed E-state index contributed by atoms with van der Waals surface area (Å²) in [7, 11) is -2.57. The lowest BCUT2D eigenvalue weighted by molar-refractivity contribution is -0.679. The average Bonchev–Trinajstić information content (AvgIpc) is 2.68. The van der Waals surface area contributed by atoms with Gasteiger partial charge in [-0.25, -0.2) is 0 Å². The van der Waals surface area contributed by atoms with Crippen LogP contribution in [0, 0.1) is 0 Å². The molecule has 0 saturated heterocycles. The predicted octanol–water partition coefficient (Wildman–Crippen LogP) is 0.171. The van der Waals surface area contributed by atoms with Gasteiger partial charge in [0.25, 0.3) is 5.69 Å². The van der Waals surface area contributed by atoms with Crippen LogP contribution < -0.4 is 9.79 Å². The fourth-order valence-electron chi connectivity index (χ4n) is 1.23. The minimum atomic E-state index is -2.57. The highest BCUT2D eigenvalue weighted by Gasteiger charge is 2.19. The third kappa shape index (κ3) is 1.82. The Balaban J connectivity index is 2.28. The molecule has 5 heteroatoms. The Morgan fingerprint density at radius 3 is 3.07 bits per heavy atom. The second-order valence-corrected chi connectivity index (χ2v) is 2.84. The molecule has 1 aromatic carbocycles. The van der Waals surface area contributed by atoms with Crippen LogP contribution in [0.2, 0.25) is 0 Å². The number of ether oxygens (including phenoxy) is 1. The number of hydrogen-bond donors (Lipinski definition) is 0. The zero-order valence-corrected chi connectivity index (χ0v) is 7.71. The summed E-state index contributed by atoms with van der Waals surface area (Å²) in [6, 6.07) is 8.74. The molecular weight excluding hydrogens is 196 g/mol. The normalized spacial score (nSPS) is 14.3. The summed E-state index contributed by atoms with van der Waals surface area (Å²) in [5, 5.41) is 15.0. The molecule has 1 heterocycles. The van der Waals surface area contributed by atoms with E-state index in [0.717, 1.165) is 0 Å². The first kappa shape index (κ1) is 6.58. The molecule has 0 aliphatic heterocycles. The number of aromatic nitrogens is 2. The van der Waals surface area contributed by atoms with Crippen LogP contribution in [0.5, 0.6) is 5.95 Å². The Morgan fingerprint density at radius 1 is 1.53 bits per heavy atom. The summed E-state index contributed by atoms with van der Waals surface area (Å²) in [6.07, 6.45) is 0. The van der Waals surface area contributed by atoms with Gasteiger partial charge in [-0.2, -0.15) is 0 Å². The zero-order chi connectivity index (χ0) is 13.2. The number of para-hydroxylation sites is 1. The van der Waals surface area contributed by atoms with Crippen molar-refractivity contribution in [2.24, 2.45) is 0 Å². The molecule has 2 rings (SSSR count). The lowest BCUT2D eigenvalue weighted by Crippen LogP contribution is -2.37. The standard InChI is InChI=1S/C10H10N2O3/c1-14-7-9-10(13)15-11-12(9)8-5-3-2-4-6-8/h2-6H,7H2,1H3/i1D3. The summed E-state index contributed by atoms with van der Waals surface area (Å²) >= 11 is 0. The van der Waals surface area contributed by atoms with Gasteiger partial charge in [0, 0.05) is 19.2 Å². The van der Waals surface area contributed by atoms with E-state index in [4.69, 9.17) is 4.11 Å². The van der Waals surface area contributed by atoms with Crippen molar-refractivity contribution in [3.05, 3.63) is 36.0 Å². The molecule has 0 unspecified atom stereocenters. The van der Waals surface area contributed by atoms with Crippen LogP contribution in [-0.4, -0.2) is 12.3 Å². The van der Waals surface area contributed by atoms with E-state index in [-0.39, 0.29) is 5.69 Å². The van der Waals surface area contributed by atoms with Crippen molar-refractivity contribution in [3.63, 3.8) is 0 Å². The predicted molar refractivity (Wildman–Crippen MR) is 48.2 cm³/mol. The van der Waals surface area contributed by atoms with Gasteiger partial charge < -0.3 is 14.4 Å². The molecule has 0 radical (unpaired) electrons. The Hall–Kier alpha value is -1.88. The third-order valence-electron chi connectivity index (χ3n) is 1.91. The summed E-state index contributed by atoms with van der Waals surface area (Å²) in [5.41, 5.74) is 0.616. The average molecular weight is 209 g/mol. The number of methoxy groups -OCH3 is 1. The van der Waals surface area contributed by atoms with Crippen LogP contribution in [-0.2, 0) is 11.3 Å². The van der Waals surface area contributed by atoms with Gasteiger partial charge in [0.1, 0.15) is 6.61 Å². The van der Waals surface area contributed by atoms with Gasteiger partial charge in [0.2, 0.25) is 5.69 Å². The van der Waals surface area contributed by atoms with E-state index in [1.165, 1.54) is 4.68 Å². The molecule has 0 aliphatic rings. The van der Waals surface area contributed by atoms with Crippen molar-refractivity contribution in [1.29, 1.82) is 0 Å². The molecule has 0 amide bonds. The molecule has 0 bridgehead atoms. The van der Waals surface area contributed by atoms with E-state index in [2.05, 4.69) is 14.5 Å². The van der Waals surface area contributed by atoms with Crippen molar-refractivity contribution in [3.8, 4) is 11.6 Å². The van der Waals surface area contributed by atoms with Gasteiger partial charge in [0.05, 0.1) is 9.38 Å².